The van der Waals surface area contributed by atoms with Crippen LogP contribution < -0.4 is 5.73 Å². The molecule has 2 N–H and O–H groups in total. The van der Waals surface area contributed by atoms with Gasteiger partial charge in [0.25, 0.3) is 0 Å². The van der Waals surface area contributed by atoms with E-state index in [1.54, 1.807) is 4.90 Å². The minimum absolute atomic E-state index is 0.0622. The fraction of sp³-hybridized carbons (Fsp3) is 1.00. The minimum Gasteiger partial charge on any atom is -0.327 e. The van der Waals surface area contributed by atoms with Gasteiger partial charge in [0.15, 0.2) is 0 Å². The van der Waals surface area contributed by atoms with E-state index in [4.69, 9.17) is 5.73 Å². The van der Waals surface area contributed by atoms with Crippen molar-refractivity contribution in [3.63, 3.8) is 0 Å². The summed E-state index contributed by atoms with van der Waals surface area (Å²) in [5.41, 5.74) is 5.61. The van der Waals surface area contributed by atoms with Crippen LogP contribution in [0.1, 0.15) is 20.3 Å². The topological polar surface area (TPSA) is 29.3 Å². The van der Waals surface area contributed by atoms with E-state index in [0.29, 0.717) is 6.54 Å². The molecule has 0 bridgehead atoms. The Hall–Kier alpha value is -0.290. The lowest BCUT2D eigenvalue weighted by Crippen LogP contribution is -2.52. The van der Waals surface area contributed by atoms with Gasteiger partial charge in [-0.15, -0.1) is 0 Å². The quantitative estimate of drug-likeness (QED) is 0.712. The van der Waals surface area contributed by atoms with Gasteiger partial charge >= 0.3 is 6.18 Å². The molecule has 2 nitrogen and oxygen atoms in total. The number of alkyl halides is 3. The first kappa shape index (κ1) is 11.8. The van der Waals surface area contributed by atoms with Crippen LogP contribution in [0.3, 0.4) is 0 Å². The average molecular weight is 210 g/mol. The van der Waals surface area contributed by atoms with Crippen molar-refractivity contribution < 1.29 is 13.2 Å². The second-order valence-electron chi connectivity index (χ2n) is 4.28. The van der Waals surface area contributed by atoms with Gasteiger partial charge in [0.05, 0.1) is 5.92 Å². The van der Waals surface area contributed by atoms with Crippen molar-refractivity contribution in [2.45, 2.75) is 38.5 Å². The van der Waals surface area contributed by atoms with Gasteiger partial charge in [-0.3, -0.25) is 4.90 Å². The lowest BCUT2D eigenvalue weighted by molar-refractivity contribution is -0.189. The smallest absolute Gasteiger partial charge is 0.327 e. The van der Waals surface area contributed by atoms with E-state index in [-0.39, 0.29) is 25.0 Å². The zero-order valence-corrected chi connectivity index (χ0v) is 8.51. The van der Waals surface area contributed by atoms with Crippen molar-refractivity contribution >= 4 is 0 Å². The van der Waals surface area contributed by atoms with Gasteiger partial charge in [-0.25, -0.2) is 0 Å². The summed E-state index contributed by atoms with van der Waals surface area (Å²) in [5.74, 6) is -1.26. The first-order valence-electron chi connectivity index (χ1n) is 4.87. The lowest BCUT2D eigenvalue weighted by Gasteiger charge is -2.39. The fourth-order valence-electron chi connectivity index (χ4n) is 1.83. The van der Waals surface area contributed by atoms with Crippen LogP contribution in [0.2, 0.25) is 0 Å². The van der Waals surface area contributed by atoms with Crippen molar-refractivity contribution in [2.24, 2.45) is 11.7 Å². The summed E-state index contributed by atoms with van der Waals surface area (Å²) < 4.78 is 37.4. The van der Waals surface area contributed by atoms with Crippen molar-refractivity contribution in [1.82, 2.24) is 4.90 Å². The molecule has 0 spiro atoms. The van der Waals surface area contributed by atoms with Gasteiger partial charge in [0.1, 0.15) is 0 Å². The molecule has 14 heavy (non-hydrogen) atoms. The van der Waals surface area contributed by atoms with E-state index in [2.05, 4.69) is 0 Å². The normalized spacial score (nSPS) is 31.1. The zero-order chi connectivity index (χ0) is 10.9. The van der Waals surface area contributed by atoms with Crippen LogP contribution in [-0.2, 0) is 0 Å². The Morgan fingerprint density at radius 1 is 1.29 bits per heavy atom. The summed E-state index contributed by atoms with van der Waals surface area (Å²) in [7, 11) is 0. The van der Waals surface area contributed by atoms with Crippen molar-refractivity contribution in [1.29, 1.82) is 0 Å². The summed E-state index contributed by atoms with van der Waals surface area (Å²) >= 11 is 0. The highest BCUT2D eigenvalue weighted by Gasteiger charge is 2.44. The maximum absolute atomic E-state index is 12.5. The summed E-state index contributed by atoms with van der Waals surface area (Å²) in [4.78, 5) is 1.80. The van der Waals surface area contributed by atoms with Crippen LogP contribution in [0.15, 0.2) is 0 Å². The fourth-order valence-corrected chi connectivity index (χ4v) is 1.83. The second kappa shape index (κ2) is 4.06. The van der Waals surface area contributed by atoms with Gasteiger partial charge in [-0.2, -0.15) is 13.2 Å². The molecule has 1 rings (SSSR count). The third-order valence-electron chi connectivity index (χ3n) is 2.70. The Morgan fingerprint density at radius 2 is 1.86 bits per heavy atom. The maximum atomic E-state index is 12.5. The van der Waals surface area contributed by atoms with Crippen molar-refractivity contribution in [3.8, 4) is 0 Å². The monoisotopic (exact) mass is 210 g/mol. The molecule has 0 aromatic rings. The molecule has 5 heteroatoms. The third-order valence-corrected chi connectivity index (χ3v) is 2.70. The average Bonchev–Trinajstić information content (AvgIpc) is 2.01. The molecule has 1 saturated heterocycles. The van der Waals surface area contributed by atoms with Crippen LogP contribution >= 0.6 is 0 Å². The summed E-state index contributed by atoms with van der Waals surface area (Å²) in [5, 5.41) is 0. The number of likely N-dealkylation sites (tertiary alicyclic amines) is 1. The second-order valence-corrected chi connectivity index (χ2v) is 4.28. The molecule has 1 aliphatic heterocycles. The predicted molar refractivity (Wildman–Crippen MR) is 48.8 cm³/mol. The molecule has 2 atom stereocenters. The van der Waals surface area contributed by atoms with E-state index in [1.165, 1.54) is 0 Å². The van der Waals surface area contributed by atoms with Gasteiger partial charge in [0.2, 0.25) is 0 Å². The van der Waals surface area contributed by atoms with Gasteiger partial charge in [-0.1, -0.05) is 0 Å². The van der Waals surface area contributed by atoms with E-state index < -0.39 is 12.1 Å². The van der Waals surface area contributed by atoms with E-state index >= 15 is 0 Å². The van der Waals surface area contributed by atoms with Crippen molar-refractivity contribution in [2.75, 3.05) is 13.1 Å². The largest absolute Gasteiger partial charge is 0.393 e. The number of rotatable bonds is 1. The highest BCUT2D eigenvalue weighted by Crippen LogP contribution is 2.33. The SMILES string of the molecule is CC(C)N1C[C@@H](N)C[C@@H](C(F)(F)F)C1. The number of piperidine rings is 1. The molecule has 1 aliphatic rings. The number of hydrogen-bond acceptors (Lipinski definition) is 2. The molecule has 1 fully saturated rings. The summed E-state index contributed by atoms with van der Waals surface area (Å²) in [6.07, 6.45) is -4.04. The Labute approximate surface area is 82.2 Å². The van der Waals surface area contributed by atoms with Crippen LogP contribution in [0.25, 0.3) is 0 Å². The molecular weight excluding hydrogens is 193 g/mol. The molecule has 84 valence electrons. The van der Waals surface area contributed by atoms with E-state index in [1.807, 2.05) is 13.8 Å². The molecule has 0 radical (unpaired) electrons. The van der Waals surface area contributed by atoms with Crippen LogP contribution in [0.5, 0.6) is 0 Å². The predicted octanol–water partition coefficient (Wildman–Crippen LogP) is 1.61. The molecule has 0 aliphatic carbocycles. The number of halogens is 3. The maximum Gasteiger partial charge on any atom is 0.393 e. The zero-order valence-electron chi connectivity index (χ0n) is 8.51. The molecule has 0 amide bonds. The number of nitrogens with zero attached hydrogens (tertiary/aromatic N) is 1. The van der Waals surface area contributed by atoms with Crippen LogP contribution in [0.4, 0.5) is 13.2 Å². The van der Waals surface area contributed by atoms with E-state index in [9.17, 15) is 13.2 Å². The first-order valence-corrected chi connectivity index (χ1v) is 4.87. The Kier molecular flexibility index (Phi) is 3.42. The first-order chi connectivity index (χ1) is 6.30. The van der Waals surface area contributed by atoms with Crippen LogP contribution in [-0.4, -0.2) is 36.2 Å². The number of nitrogens with two attached hydrogens (primary N) is 1. The highest BCUT2D eigenvalue weighted by atomic mass is 19.4. The Bertz CT molecular complexity index is 191. The third kappa shape index (κ3) is 2.85. The standard InChI is InChI=1S/C9H17F3N2/c1-6(2)14-4-7(9(10,11)12)3-8(13)5-14/h6-8H,3-5,13H2,1-2H3/t7-,8+/m1/s1. The van der Waals surface area contributed by atoms with Gasteiger partial charge in [0, 0.05) is 25.2 Å². The van der Waals surface area contributed by atoms with E-state index in [0.717, 1.165) is 0 Å². The minimum atomic E-state index is -4.11. The van der Waals surface area contributed by atoms with Crippen LogP contribution in [0, 0.1) is 5.92 Å². The number of hydrogen-bond donors (Lipinski definition) is 1. The highest BCUT2D eigenvalue weighted by molar-refractivity contribution is 4.86. The molecule has 0 aromatic heterocycles. The van der Waals surface area contributed by atoms with Gasteiger partial charge in [-0.05, 0) is 20.3 Å². The molecule has 0 unspecified atom stereocenters. The summed E-state index contributed by atoms with van der Waals surface area (Å²) in [6, 6.07) is -0.219. The Balaban J connectivity index is 2.63. The lowest BCUT2D eigenvalue weighted by atomic mass is 9.93. The molecule has 0 aromatic carbocycles. The molecule has 0 saturated carbocycles. The van der Waals surface area contributed by atoms with Gasteiger partial charge < -0.3 is 5.73 Å². The molecular formula is C9H17F3N2. The summed E-state index contributed by atoms with van der Waals surface area (Å²) in [6.45, 7) is 4.45. The van der Waals surface area contributed by atoms with Crippen molar-refractivity contribution in [3.05, 3.63) is 0 Å². The Morgan fingerprint density at radius 3 is 2.29 bits per heavy atom. The molecule has 1 heterocycles.